The minimum atomic E-state index is -3.11. The molecule has 0 aliphatic carbocycles. The van der Waals surface area contributed by atoms with Crippen molar-refractivity contribution in [3.05, 3.63) is 29.8 Å². The topological polar surface area (TPSA) is 67.9 Å². The van der Waals surface area contributed by atoms with Crippen molar-refractivity contribution in [3.8, 4) is 5.75 Å². The maximum atomic E-state index is 11.6. The van der Waals surface area contributed by atoms with Crippen LogP contribution in [0.15, 0.2) is 24.3 Å². The van der Waals surface area contributed by atoms with Gasteiger partial charge in [0.05, 0.1) is 18.5 Å². The molecule has 25 heavy (non-hydrogen) atoms. The highest BCUT2D eigenvalue weighted by Gasteiger charge is 2.52. The van der Waals surface area contributed by atoms with Gasteiger partial charge in [0.2, 0.25) is 10.0 Å². The van der Waals surface area contributed by atoms with Crippen LogP contribution in [0.3, 0.4) is 0 Å². The molecule has 2 heterocycles. The fourth-order valence-electron chi connectivity index (χ4n) is 3.84. The van der Waals surface area contributed by atoms with Gasteiger partial charge in [0.15, 0.2) is 0 Å². The Hall–Kier alpha value is -1.15. The average molecular weight is 368 g/mol. The Bertz CT molecular complexity index is 669. The molecule has 140 valence electrons. The molecule has 0 amide bonds. The predicted molar refractivity (Wildman–Crippen MR) is 97.1 cm³/mol. The van der Waals surface area contributed by atoms with Crippen LogP contribution < -0.4 is 9.46 Å². The minimum Gasteiger partial charge on any atom is -0.497 e. The van der Waals surface area contributed by atoms with Crippen molar-refractivity contribution in [1.82, 2.24) is 9.62 Å². The van der Waals surface area contributed by atoms with E-state index in [1.807, 2.05) is 12.1 Å². The van der Waals surface area contributed by atoms with Gasteiger partial charge in [0, 0.05) is 32.8 Å². The molecule has 0 aromatic heterocycles. The van der Waals surface area contributed by atoms with E-state index in [9.17, 15) is 8.42 Å². The van der Waals surface area contributed by atoms with Crippen molar-refractivity contribution in [3.63, 3.8) is 0 Å². The van der Waals surface area contributed by atoms with Crippen LogP contribution in [0.25, 0.3) is 0 Å². The molecule has 7 heteroatoms. The third-order valence-electron chi connectivity index (χ3n) is 5.34. The Morgan fingerprint density at radius 3 is 2.68 bits per heavy atom. The van der Waals surface area contributed by atoms with Crippen molar-refractivity contribution in [2.24, 2.45) is 5.92 Å². The molecule has 1 N–H and O–H groups in total. The molecule has 0 radical (unpaired) electrons. The second-order valence-corrected chi connectivity index (χ2v) is 9.07. The highest BCUT2D eigenvalue weighted by Crippen LogP contribution is 2.42. The fourth-order valence-corrected chi connectivity index (χ4v) is 4.48. The first-order chi connectivity index (χ1) is 12.0. The Labute approximate surface area is 150 Å². The van der Waals surface area contributed by atoms with E-state index in [1.54, 1.807) is 14.0 Å². The standard InChI is InChI=1S/C18H28N2O4S/c1-3-25(21,22)19-10-8-16-9-11-24-18(16)13-20(14-18)12-15-4-6-17(23-2)7-5-15/h4-7,16,19H,3,8-14H2,1-2H3/t16-/m1/s1. The lowest BCUT2D eigenvalue weighted by Crippen LogP contribution is -2.64. The number of hydrogen-bond acceptors (Lipinski definition) is 5. The third kappa shape index (κ3) is 4.34. The van der Waals surface area contributed by atoms with Gasteiger partial charge in [0.25, 0.3) is 0 Å². The number of sulfonamides is 1. The van der Waals surface area contributed by atoms with Crippen molar-refractivity contribution < 1.29 is 17.9 Å². The van der Waals surface area contributed by atoms with Crippen molar-refractivity contribution in [2.75, 3.05) is 39.1 Å². The summed E-state index contributed by atoms with van der Waals surface area (Å²) in [6, 6.07) is 8.16. The van der Waals surface area contributed by atoms with Gasteiger partial charge in [-0.25, -0.2) is 13.1 Å². The van der Waals surface area contributed by atoms with Crippen LogP contribution in [0, 0.1) is 5.92 Å². The molecule has 1 aromatic rings. The molecule has 1 aromatic carbocycles. The van der Waals surface area contributed by atoms with Crippen LogP contribution >= 0.6 is 0 Å². The number of nitrogens with one attached hydrogen (secondary N) is 1. The lowest BCUT2D eigenvalue weighted by Gasteiger charge is -2.50. The number of likely N-dealkylation sites (tertiary alicyclic amines) is 1. The van der Waals surface area contributed by atoms with E-state index < -0.39 is 10.0 Å². The van der Waals surface area contributed by atoms with Crippen LogP contribution in [0.4, 0.5) is 0 Å². The molecular weight excluding hydrogens is 340 g/mol. The number of rotatable bonds is 8. The zero-order valence-corrected chi connectivity index (χ0v) is 15.8. The molecule has 1 atom stereocenters. The molecule has 3 rings (SSSR count). The first-order valence-electron chi connectivity index (χ1n) is 8.93. The molecule has 1 spiro atoms. The van der Waals surface area contributed by atoms with Gasteiger partial charge in [-0.15, -0.1) is 0 Å². The summed E-state index contributed by atoms with van der Waals surface area (Å²) in [5.74, 6) is 1.44. The summed E-state index contributed by atoms with van der Waals surface area (Å²) in [5, 5.41) is 0. The fraction of sp³-hybridized carbons (Fsp3) is 0.667. The Kier molecular flexibility index (Phi) is 5.68. The zero-order valence-electron chi connectivity index (χ0n) is 15.0. The second kappa shape index (κ2) is 7.61. The first kappa shape index (κ1) is 18.6. The average Bonchev–Trinajstić information content (AvgIpc) is 2.99. The first-order valence-corrected chi connectivity index (χ1v) is 10.6. The maximum Gasteiger partial charge on any atom is 0.211 e. The van der Waals surface area contributed by atoms with Gasteiger partial charge < -0.3 is 9.47 Å². The van der Waals surface area contributed by atoms with Crippen molar-refractivity contribution in [1.29, 1.82) is 0 Å². The number of methoxy groups -OCH3 is 1. The van der Waals surface area contributed by atoms with E-state index in [0.29, 0.717) is 12.5 Å². The van der Waals surface area contributed by atoms with Crippen LogP contribution in [0.2, 0.25) is 0 Å². The van der Waals surface area contributed by atoms with Gasteiger partial charge in [-0.2, -0.15) is 0 Å². The van der Waals surface area contributed by atoms with Gasteiger partial charge in [-0.1, -0.05) is 12.1 Å². The summed E-state index contributed by atoms with van der Waals surface area (Å²) in [6.07, 6.45) is 1.86. The van der Waals surface area contributed by atoms with Crippen molar-refractivity contribution >= 4 is 10.0 Å². The molecule has 2 fully saturated rings. The number of ether oxygens (including phenoxy) is 2. The Morgan fingerprint density at radius 1 is 1.32 bits per heavy atom. The van der Waals surface area contributed by atoms with Crippen LogP contribution in [0.5, 0.6) is 5.75 Å². The summed E-state index contributed by atoms with van der Waals surface area (Å²) < 4.78 is 37.0. The Morgan fingerprint density at radius 2 is 2.04 bits per heavy atom. The summed E-state index contributed by atoms with van der Waals surface area (Å²) in [6.45, 7) is 5.69. The molecule has 2 aliphatic rings. The summed E-state index contributed by atoms with van der Waals surface area (Å²) >= 11 is 0. The molecular formula is C18H28N2O4S. The maximum absolute atomic E-state index is 11.6. The smallest absolute Gasteiger partial charge is 0.211 e. The monoisotopic (exact) mass is 368 g/mol. The van der Waals surface area contributed by atoms with Gasteiger partial charge >= 0.3 is 0 Å². The van der Waals surface area contributed by atoms with Crippen LogP contribution in [-0.4, -0.2) is 58.0 Å². The van der Waals surface area contributed by atoms with E-state index >= 15 is 0 Å². The number of nitrogens with zero attached hydrogens (tertiary/aromatic N) is 1. The third-order valence-corrected chi connectivity index (χ3v) is 6.75. The highest BCUT2D eigenvalue weighted by atomic mass is 32.2. The van der Waals surface area contributed by atoms with Gasteiger partial charge in [0.1, 0.15) is 5.75 Å². The van der Waals surface area contributed by atoms with E-state index in [2.05, 4.69) is 21.8 Å². The van der Waals surface area contributed by atoms with Gasteiger partial charge in [-0.05, 0) is 43.4 Å². The molecule has 2 aliphatic heterocycles. The van der Waals surface area contributed by atoms with E-state index in [-0.39, 0.29) is 11.4 Å². The minimum absolute atomic E-state index is 0.0792. The molecule has 0 unspecified atom stereocenters. The second-order valence-electron chi connectivity index (χ2n) is 6.98. The highest BCUT2D eigenvalue weighted by molar-refractivity contribution is 7.89. The van der Waals surface area contributed by atoms with Crippen LogP contribution in [-0.2, 0) is 21.3 Å². The number of benzene rings is 1. The molecule has 2 saturated heterocycles. The summed E-state index contributed by atoms with van der Waals surface area (Å²) in [7, 11) is -1.43. The lowest BCUT2D eigenvalue weighted by molar-refractivity contribution is -0.136. The van der Waals surface area contributed by atoms with E-state index in [4.69, 9.17) is 9.47 Å². The quantitative estimate of drug-likeness (QED) is 0.755. The normalized spacial score (nSPS) is 22.9. The van der Waals surface area contributed by atoms with E-state index in [0.717, 1.165) is 44.8 Å². The van der Waals surface area contributed by atoms with Crippen molar-refractivity contribution in [2.45, 2.75) is 31.9 Å². The summed E-state index contributed by atoms with van der Waals surface area (Å²) in [5.41, 5.74) is 1.19. The number of hydrogen-bond donors (Lipinski definition) is 1. The largest absolute Gasteiger partial charge is 0.497 e. The lowest BCUT2D eigenvalue weighted by atomic mass is 9.79. The molecule has 6 nitrogen and oxygen atoms in total. The molecule has 0 saturated carbocycles. The summed E-state index contributed by atoms with van der Waals surface area (Å²) in [4.78, 5) is 2.39. The Balaban J connectivity index is 1.48. The van der Waals surface area contributed by atoms with Gasteiger partial charge in [-0.3, -0.25) is 4.90 Å². The van der Waals surface area contributed by atoms with Crippen LogP contribution in [0.1, 0.15) is 25.3 Å². The predicted octanol–water partition coefficient (Wildman–Crippen LogP) is 1.62. The molecule has 0 bridgehead atoms. The zero-order chi connectivity index (χ0) is 17.9. The SMILES string of the molecule is CCS(=O)(=O)NCC[C@@H]1CCOC12CN(Cc1ccc(OC)cc1)C2. The van der Waals surface area contributed by atoms with E-state index in [1.165, 1.54) is 5.56 Å².